The molecule has 0 aliphatic heterocycles. The lowest BCUT2D eigenvalue weighted by molar-refractivity contribution is 0.0847. The van der Waals surface area contributed by atoms with Crippen molar-refractivity contribution in [2.24, 2.45) is 28.6 Å². The molecule has 0 saturated heterocycles. The van der Waals surface area contributed by atoms with E-state index in [0.29, 0.717) is 16.9 Å². The van der Waals surface area contributed by atoms with Crippen molar-refractivity contribution in [2.45, 2.75) is 93.5 Å². The molecule has 0 heterocycles. The lowest BCUT2D eigenvalue weighted by atomic mass is 9.64. The maximum absolute atomic E-state index is 3.70. The highest BCUT2D eigenvalue weighted by atomic mass is 14.9. The molecule has 1 N–H and O–H groups in total. The molecule has 3 unspecified atom stereocenters. The van der Waals surface area contributed by atoms with Crippen LogP contribution in [0.4, 0.5) is 0 Å². The normalized spacial score (nSPS) is 28.1. The van der Waals surface area contributed by atoms with Gasteiger partial charge in [-0.05, 0) is 67.2 Å². The molecule has 1 aliphatic carbocycles. The Hall–Kier alpha value is -0.0400. The molecule has 0 bridgehead atoms. The first kappa shape index (κ1) is 19.0. The number of rotatable bonds is 5. The van der Waals surface area contributed by atoms with E-state index in [1.165, 1.54) is 38.6 Å². The SMILES string of the molecule is CC(C)NCC1CCC(C(C)(C)C)CC1CCC(C)(C)C. The molecule has 0 aromatic rings. The Labute approximate surface area is 134 Å². The van der Waals surface area contributed by atoms with E-state index in [2.05, 4.69) is 60.7 Å². The van der Waals surface area contributed by atoms with E-state index in [1.54, 1.807) is 0 Å². The van der Waals surface area contributed by atoms with E-state index < -0.39 is 0 Å². The largest absolute Gasteiger partial charge is 0.314 e. The van der Waals surface area contributed by atoms with Crippen molar-refractivity contribution in [2.75, 3.05) is 6.54 Å². The van der Waals surface area contributed by atoms with Gasteiger partial charge in [-0.15, -0.1) is 0 Å². The van der Waals surface area contributed by atoms with Gasteiger partial charge in [0.05, 0.1) is 0 Å². The Kier molecular flexibility index (Phi) is 6.78. The summed E-state index contributed by atoms with van der Waals surface area (Å²) in [4.78, 5) is 0. The van der Waals surface area contributed by atoms with Crippen molar-refractivity contribution < 1.29 is 0 Å². The van der Waals surface area contributed by atoms with Crippen molar-refractivity contribution in [3.8, 4) is 0 Å². The Morgan fingerprint density at radius 1 is 0.952 bits per heavy atom. The quantitative estimate of drug-likeness (QED) is 0.667. The monoisotopic (exact) mass is 295 g/mol. The van der Waals surface area contributed by atoms with Crippen molar-refractivity contribution in [1.82, 2.24) is 5.32 Å². The molecule has 0 amide bonds. The molecule has 1 heteroatoms. The molecule has 1 rings (SSSR count). The molecule has 1 fully saturated rings. The van der Waals surface area contributed by atoms with Crippen molar-refractivity contribution in [1.29, 1.82) is 0 Å². The molecule has 1 nitrogen and oxygen atoms in total. The summed E-state index contributed by atoms with van der Waals surface area (Å²) in [6, 6.07) is 0.619. The fourth-order valence-electron chi connectivity index (χ4n) is 3.74. The standard InChI is InChI=1S/C20H41N/c1-15(2)21-14-17-9-10-18(20(6,7)8)13-16(17)11-12-19(3,4)5/h15-18,21H,9-14H2,1-8H3. The van der Waals surface area contributed by atoms with Crippen LogP contribution in [0.25, 0.3) is 0 Å². The van der Waals surface area contributed by atoms with Gasteiger partial charge in [-0.25, -0.2) is 0 Å². The first-order valence-electron chi connectivity index (χ1n) is 9.22. The minimum absolute atomic E-state index is 0.477. The molecule has 0 aromatic heterocycles. The molecule has 0 spiro atoms. The zero-order valence-electron chi connectivity index (χ0n) is 16.1. The second kappa shape index (κ2) is 7.49. The van der Waals surface area contributed by atoms with E-state index >= 15 is 0 Å². The maximum Gasteiger partial charge on any atom is 0.00104 e. The number of hydrogen-bond donors (Lipinski definition) is 1. The first-order valence-corrected chi connectivity index (χ1v) is 9.22. The summed E-state index contributed by atoms with van der Waals surface area (Å²) in [5.41, 5.74) is 0.959. The van der Waals surface area contributed by atoms with Gasteiger partial charge in [0, 0.05) is 6.04 Å². The van der Waals surface area contributed by atoms with Crippen LogP contribution in [-0.4, -0.2) is 12.6 Å². The summed E-state index contributed by atoms with van der Waals surface area (Å²) < 4.78 is 0. The summed E-state index contributed by atoms with van der Waals surface area (Å²) in [7, 11) is 0. The highest BCUT2D eigenvalue weighted by Gasteiger charge is 2.35. The fraction of sp³-hybridized carbons (Fsp3) is 1.00. The zero-order valence-corrected chi connectivity index (χ0v) is 16.1. The van der Waals surface area contributed by atoms with Crippen LogP contribution in [0.2, 0.25) is 0 Å². The predicted molar refractivity (Wildman–Crippen MR) is 95.6 cm³/mol. The van der Waals surface area contributed by atoms with Gasteiger partial charge >= 0.3 is 0 Å². The summed E-state index contributed by atoms with van der Waals surface area (Å²) in [6.45, 7) is 20.2. The average molecular weight is 296 g/mol. The highest BCUT2D eigenvalue weighted by molar-refractivity contribution is 4.87. The van der Waals surface area contributed by atoms with E-state index in [-0.39, 0.29) is 0 Å². The molecule has 3 atom stereocenters. The van der Waals surface area contributed by atoms with Gasteiger partial charge < -0.3 is 5.32 Å². The lowest BCUT2D eigenvalue weighted by Crippen LogP contribution is -2.38. The Balaban J connectivity index is 2.65. The Bertz CT molecular complexity index is 292. The second-order valence-corrected chi connectivity index (χ2v) is 10.1. The molecule has 1 saturated carbocycles. The van der Waals surface area contributed by atoms with Crippen LogP contribution in [0.3, 0.4) is 0 Å². The van der Waals surface area contributed by atoms with Crippen LogP contribution in [-0.2, 0) is 0 Å². The van der Waals surface area contributed by atoms with Gasteiger partial charge in [0.15, 0.2) is 0 Å². The van der Waals surface area contributed by atoms with Gasteiger partial charge in [-0.2, -0.15) is 0 Å². The second-order valence-electron chi connectivity index (χ2n) is 10.1. The Morgan fingerprint density at radius 3 is 2.05 bits per heavy atom. The van der Waals surface area contributed by atoms with Crippen LogP contribution >= 0.6 is 0 Å². The predicted octanol–water partition coefficient (Wildman–Crippen LogP) is 5.89. The third kappa shape index (κ3) is 7.17. The van der Waals surface area contributed by atoms with E-state index in [1.807, 2.05) is 0 Å². The smallest absolute Gasteiger partial charge is 0.00104 e. The van der Waals surface area contributed by atoms with Gasteiger partial charge in [-0.3, -0.25) is 0 Å². The van der Waals surface area contributed by atoms with Crippen LogP contribution < -0.4 is 5.32 Å². The average Bonchev–Trinajstić information content (AvgIpc) is 2.32. The number of nitrogens with one attached hydrogen (secondary N) is 1. The minimum Gasteiger partial charge on any atom is -0.314 e. The van der Waals surface area contributed by atoms with Crippen molar-refractivity contribution in [3.05, 3.63) is 0 Å². The van der Waals surface area contributed by atoms with Crippen LogP contribution in [0.1, 0.15) is 87.5 Å². The molecule has 126 valence electrons. The highest BCUT2D eigenvalue weighted by Crippen LogP contribution is 2.45. The van der Waals surface area contributed by atoms with Crippen LogP contribution in [0.15, 0.2) is 0 Å². The summed E-state index contributed by atoms with van der Waals surface area (Å²) in [6.07, 6.45) is 7.09. The molecular formula is C20H41N. The first-order chi connectivity index (χ1) is 9.49. The van der Waals surface area contributed by atoms with Gasteiger partial charge in [0.1, 0.15) is 0 Å². The molecule has 0 aromatic carbocycles. The Morgan fingerprint density at radius 2 is 1.57 bits per heavy atom. The minimum atomic E-state index is 0.477. The third-order valence-corrected chi connectivity index (χ3v) is 5.42. The van der Waals surface area contributed by atoms with Crippen LogP contribution in [0.5, 0.6) is 0 Å². The van der Waals surface area contributed by atoms with Gasteiger partial charge in [0.2, 0.25) is 0 Å². The molecule has 1 aliphatic rings. The summed E-state index contributed by atoms with van der Waals surface area (Å²) >= 11 is 0. The third-order valence-electron chi connectivity index (χ3n) is 5.42. The van der Waals surface area contributed by atoms with E-state index in [9.17, 15) is 0 Å². The summed E-state index contributed by atoms with van der Waals surface area (Å²) in [5, 5.41) is 3.70. The van der Waals surface area contributed by atoms with E-state index in [0.717, 1.165) is 17.8 Å². The lowest BCUT2D eigenvalue weighted by Gasteiger charge is -2.43. The van der Waals surface area contributed by atoms with Gasteiger partial charge in [0.25, 0.3) is 0 Å². The van der Waals surface area contributed by atoms with Crippen LogP contribution in [0, 0.1) is 28.6 Å². The maximum atomic E-state index is 3.70. The summed E-state index contributed by atoms with van der Waals surface area (Å²) in [5.74, 6) is 2.74. The molecular weight excluding hydrogens is 254 g/mol. The van der Waals surface area contributed by atoms with Crippen molar-refractivity contribution in [3.63, 3.8) is 0 Å². The van der Waals surface area contributed by atoms with E-state index in [4.69, 9.17) is 0 Å². The molecule has 0 radical (unpaired) electrons. The van der Waals surface area contributed by atoms with Crippen molar-refractivity contribution >= 4 is 0 Å². The number of hydrogen-bond acceptors (Lipinski definition) is 1. The molecule has 21 heavy (non-hydrogen) atoms. The van der Waals surface area contributed by atoms with Gasteiger partial charge in [-0.1, -0.05) is 55.4 Å². The zero-order chi connectivity index (χ0) is 16.3. The fourth-order valence-corrected chi connectivity index (χ4v) is 3.74. The topological polar surface area (TPSA) is 12.0 Å².